The van der Waals surface area contributed by atoms with Gasteiger partial charge < -0.3 is 19.7 Å². The third-order valence-electron chi connectivity index (χ3n) is 4.10. The van der Waals surface area contributed by atoms with Crippen LogP contribution in [0.15, 0.2) is 24.3 Å². The summed E-state index contributed by atoms with van der Waals surface area (Å²) in [6, 6.07) is 8.28. The van der Waals surface area contributed by atoms with E-state index in [9.17, 15) is 4.79 Å². The number of nitrogens with zero attached hydrogens (tertiary/aromatic N) is 1. The number of amides is 2. The molecule has 0 bridgehead atoms. The minimum atomic E-state index is -0.0210. The molecule has 1 saturated heterocycles. The van der Waals surface area contributed by atoms with E-state index in [2.05, 4.69) is 25.2 Å². The van der Waals surface area contributed by atoms with E-state index in [0.717, 1.165) is 37.2 Å². The number of urea groups is 1. The summed E-state index contributed by atoms with van der Waals surface area (Å²) in [5.74, 6) is 0. The minimum Gasteiger partial charge on any atom is -0.380 e. The van der Waals surface area contributed by atoms with E-state index in [1.807, 2.05) is 23.1 Å². The fourth-order valence-corrected chi connectivity index (χ4v) is 2.67. The number of nitrogens with one attached hydrogen (secondary N) is 1. The molecule has 23 heavy (non-hydrogen) atoms. The van der Waals surface area contributed by atoms with Gasteiger partial charge in [-0.2, -0.15) is 0 Å². The average molecular weight is 320 g/mol. The molecule has 1 aromatic rings. The van der Waals surface area contributed by atoms with Crippen LogP contribution in [0.1, 0.15) is 37.8 Å². The first kappa shape index (κ1) is 17.8. The Morgan fingerprint density at radius 1 is 1.35 bits per heavy atom. The standard InChI is InChI=1S/C18H28N2O3/c1-3-10-23-14-17-7-5-4-6-16(17)13-19-18(21)20-9-12-22-11-8-15(20)2/h4-7,15H,3,8-14H2,1-2H3,(H,19,21). The lowest BCUT2D eigenvalue weighted by atomic mass is 10.1. The summed E-state index contributed by atoms with van der Waals surface area (Å²) in [5, 5.41) is 3.03. The molecule has 1 heterocycles. The summed E-state index contributed by atoms with van der Waals surface area (Å²) in [6.45, 7) is 8.02. The Morgan fingerprint density at radius 2 is 2.13 bits per heavy atom. The van der Waals surface area contributed by atoms with E-state index in [4.69, 9.17) is 9.47 Å². The van der Waals surface area contributed by atoms with Gasteiger partial charge in [0.1, 0.15) is 0 Å². The zero-order chi connectivity index (χ0) is 16.5. The molecular weight excluding hydrogens is 292 g/mol. The van der Waals surface area contributed by atoms with Gasteiger partial charge in [-0.15, -0.1) is 0 Å². The van der Waals surface area contributed by atoms with Crippen LogP contribution in [0.2, 0.25) is 0 Å². The Kier molecular flexibility index (Phi) is 7.36. The summed E-state index contributed by atoms with van der Waals surface area (Å²) < 4.78 is 11.1. The second kappa shape index (κ2) is 9.53. The second-order valence-corrected chi connectivity index (χ2v) is 5.92. The van der Waals surface area contributed by atoms with Gasteiger partial charge in [-0.05, 0) is 30.9 Å². The van der Waals surface area contributed by atoms with Crippen molar-refractivity contribution in [2.24, 2.45) is 0 Å². The highest BCUT2D eigenvalue weighted by Crippen LogP contribution is 2.12. The molecule has 1 fully saturated rings. The Balaban J connectivity index is 1.90. The highest BCUT2D eigenvalue weighted by Gasteiger charge is 2.22. The van der Waals surface area contributed by atoms with Crippen molar-refractivity contribution in [1.29, 1.82) is 0 Å². The third-order valence-corrected chi connectivity index (χ3v) is 4.10. The number of carbonyl (C=O) groups excluding carboxylic acids is 1. The van der Waals surface area contributed by atoms with Gasteiger partial charge in [-0.1, -0.05) is 31.2 Å². The maximum Gasteiger partial charge on any atom is 0.317 e. The van der Waals surface area contributed by atoms with Gasteiger partial charge in [0.2, 0.25) is 0 Å². The highest BCUT2D eigenvalue weighted by atomic mass is 16.5. The van der Waals surface area contributed by atoms with E-state index in [1.54, 1.807) is 0 Å². The molecule has 0 aromatic heterocycles. The lowest BCUT2D eigenvalue weighted by molar-refractivity contribution is 0.121. The normalized spacial score (nSPS) is 18.5. The first-order valence-electron chi connectivity index (χ1n) is 8.49. The molecule has 0 aliphatic carbocycles. The molecular formula is C18H28N2O3. The molecule has 2 rings (SSSR count). The Labute approximate surface area is 139 Å². The molecule has 1 aliphatic heterocycles. The smallest absolute Gasteiger partial charge is 0.317 e. The number of ether oxygens (including phenoxy) is 2. The fourth-order valence-electron chi connectivity index (χ4n) is 2.67. The van der Waals surface area contributed by atoms with E-state index in [-0.39, 0.29) is 12.1 Å². The minimum absolute atomic E-state index is 0.0210. The van der Waals surface area contributed by atoms with Gasteiger partial charge in [0, 0.05) is 32.3 Å². The molecule has 1 aromatic carbocycles. The molecule has 1 N–H and O–H groups in total. The largest absolute Gasteiger partial charge is 0.380 e. The first-order chi connectivity index (χ1) is 11.2. The van der Waals surface area contributed by atoms with Crippen LogP contribution in [0.25, 0.3) is 0 Å². The SMILES string of the molecule is CCCOCc1ccccc1CNC(=O)N1CCOCCC1C. The molecule has 1 atom stereocenters. The number of rotatable bonds is 6. The van der Waals surface area contributed by atoms with E-state index in [0.29, 0.717) is 26.3 Å². The lowest BCUT2D eigenvalue weighted by Gasteiger charge is -2.26. The number of carbonyl (C=O) groups is 1. The highest BCUT2D eigenvalue weighted by molar-refractivity contribution is 5.74. The topological polar surface area (TPSA) is 50.8 Å². The Bertz CT molecular complexity index is 493. The third kappa shape index (κ3) is 5.52. The summed E-state index contributed by atoms with van der Waals surface area (Å²) in [5.41, 5.74) is 2.24. The molecule has 2 amide bonds. The number of hydrogen-bond donors (Lipinski definition) is 1. The van der Waals surface area contributed by atoms with Crippen LogP contribution in [-0.4, -0.2) is 43.3 Å². The predicted octanol–water partition coefficient (Wildman–Crippen LogP) is 2.93. The van der Waals surface area contributed by atoms with Crippen molar-refractivity contribution in [3.8, 4) is 0 Å². The van der Waals surface area contributed by atoms with Crippen molar-refractivity contribution in [3.63, 3.8) is 0 Å². The first-order valence-corrected chi connectivity index (χ1v) is 8.49. The van der Waals surface area contributed by atoms with Crippen molar-refractivity contribution in [2.45, 2.75) is 45.9 Å². The maximum atomic E-state index is 12.4. The van der Waals surface area contributed by atoms with Gasteiger partial charge in [0.25, 0.3) is 0 Å². The summed E-state index contributed by atoms with van der Waals surface area (Å²) in [4.78, 5) is 14.3. The van der Waals surface area contributed by atoms with Gasteiger partial charge in [-0.3, -0.25) is 0 Å². The predicted molar refractivity (Wildman–Crippen MR) is 90.2 cm³/mol. The van der Waals surface area contributed by atoms with Crippen LogP contribution in [0.4, 0.5) is 4.79 Å². The van der Waals surface area contributed by atoms with Gasteiger partial charge in [0.15, 0.2) is 0 Å². The van der Waals surface area contributed by atoms with Crippen LogP contribution < -0.4 is 5.32 Å². The van der Waals surface area contributed by atoms with Crippen LogP contribution in [-0.2, 0) is 22.6 Å². The van der Waals surface area contributed by atoms with Gasteiger partial charge in [0.05, 0.1) is 13.2 Å². The van der Waals surface area contributed by atoms with Gasteiger partial charge in [-0.25, -0.2) is 4.79 Å². The van der Waals surface area contributed by atoms with Crippen molar-refractivity contribution in [2.75, 3.05) is 26.4 Å². The summed E-state index contributed by atoms with van der Waals surface area (Å²) in [6.07, 6.45) is 1.89. The fraction of sp³-hybridized carbons (Fsp3) is 0.611. The molecule has 128 valence electrons. The van der Waals surface area contributed by atoms with Crippen molar-refractivity contribution in [3.05, 3.63) is 35.4 Å². The molecule has 1 unspecified atom stereocenters. The van der Waals surface area contributed by atoms with E-state index >= 15 is 0 Å². The quantitative estimate of drug-likeness (QED) is 0.820. The zero-order valence-electron chi connectivity index (χ0n) is 14.2. The Morgan fingerprint density at radius 3 is 2.91 bits per heavy atom. The van der Waals surface area contributed by atoms with Crippen molar-refractivity contribution >= 4 is 6.03 Å². The van der Waals surface area contributed by atoms with Gasteiger partial charge >= 0.3 is 6.03 Å². The zero-order valence-corrected chi connectivity index (χ0v) is 14.2. The average Bonchev–Trinajstić information content (AvgIpc) is 2.78. The summed E-state index contributed by atoms with van der Waals surface area (Å²) >= 11 is 0. The lowest BCUT2D eigenvalue weighted by Crippen LogP contribution is -2.45. The molecule has 0 spiro atoms. The van der Waals surface area contributed by atoms with E-state index < -0.39 is 0 Å². The van der Waals surface area contributed by atoms with Crippen molar-refractivity contribution in [1.82, 2.24) is 10.2 Å². The van der Waals surface area contributed by atoms with Crippen molar-refractivity contribution < 1.29 is 14.3 Å². The number of hydrogen-bond acceptors (Lipinski definition) is 3. The number of benzene rings is 1. The Hall–Kier alpha value is -1.59. The molecule has 1 aliphatic rings. The second-order valence-electron chi connectivity index (χ2n) is 5.92. The van der Waals surface area contributed by atoms with Crippen LogP contribution in [0.3, 0.4) is 0 Å². The molecule has 0 radical (unpaired) electrons. The molecule has 5 nitrogen and oxygen atoms in total. The van der Waals surface area contributed by atoms with E-state index in [1.165, 1.54) is 0 Å². The molecule has 0 saturated carbocycles. The molecule has 5 heteroatoms. The van der Waals surface area contributed by atoms with Crippen LogP contribution in [0, 0.1) is 0 Å². The van der Waals surface area contributed by atoms with Crippen LogP contribution in [0.5, 0.6) is 0 Å². The summed E-state index contributed by atoms with van der Waals surface area (Å²) in [7, 11) is 0. The van der Waals surface area contributed by atoms with Crippen LogP contribution >= 0.6 is 0 Å². The maximum absolute atomic E-state index is 12.4. The monoisotopic (exact) mass is 320 g/mol.